The molecule has 1 aliphatic heterocycles. The monoisotopic (exact) mass is 220 g/mol. The van der Waals surface area contributed by atoms with Gasteiger partial charge in [0.15, 0.2) is 6.29 Å². The summed E-state index contributed by atoms with van der Waals surface area (Å²) >= 11 is 5.66. The zero-order valence-electron chi connectivity index (χ0n) is 9.01. The summed E-state index contributed by atoms with van der Waals surface area (Å²) in [6.45, 7) is 3.89. The topological polar surface area (TPSA) is 18.5 Å². The molecule has 0 aromatic carbocycles. The van der Waals surface area contributed by atoms with Crippen LogP contribution in [0.5, 0.6) is 0 Å². The van der Waals surface area contributed by atoms with E-state index < -0.39 is 0 Å². The van der Waals surface area contributed by atoms with E-state index >= 15 is 0 Å². The van der Waals surface area contributed by atoms with Gasteiger partial charge in [-0.05, 0) is 38.0 Å². The van der Waals surface area contributed by atoms with E-state index in [2.05, 4.69) is 6.92 Å². The zero-order valence-corrected chi connectivity index (χ0v) is 9.76. The van der Waals surface area contributed by atoms with Crippen molar-refractivity contribution in [2.75, 3.05) is 19.1 Å². The first kappa shape index (κ1) is 12.3. The second-order valence-electron chi connectivity index (χ2n) is 4.04. The van der Waals surface area contributed by atoms with E-state index in [0.717, 1.165) is 38.4 Å². The molecule has 1 aliphatic rings. The van der Waals surface area contributed by atoms with E-state index in [1.54, 1.807) is 0 Å². The Balaban J connectivity index is 1.96. The van der Waals surface area contributed by atoms with Crippen LogP contribution in [-0.2, 0) is 9.47 Å². The molecule has 3 heteroatoms. The average molecular weight is 221 g/mol. The van der Waals surface area contributed by atoms with Crippen molar-refractivity contribution < 1.29 is 9.47 Å². The summed E-state index contributed by atoms with van der Waals surface area (Å²) in [6, 6.07) is 0. The number of ether oxygens (including phenoxy) is 2. The van der Waals surface area contributed by atoms with Crippen molar-refractivity contribution in [2.24, 2.45) is 5.92 Å². The van der Waals surface area contributed by atoms with Gasteiger partial charge in [-0.3, -0.25) is 0 Å². The molecule has 84 valence electrons. The Hall–Kier alpha value is 0.210. The summed E-state index contributed by atoms with van der Waals surface area (Å²) in [7, 11) is 0. The molecule has 0 radical (unpaired) electrons. The SMILES string of the molecule is CC(CCCl)CCOC1CCCCO1. The van der Waals surface area contributed by atoms with Crippen LogP contribution in [0.2, 0.25) is 0 Å². The van der Waals surface area contributed by atoms with Gasteiger partial charge < -0.3 is 9.47 Å². The number of rotatable bonds is 6. The van der Waals surface area contributed by atoms with Crippen molar-refractivity contribution >= 4 is 11.6 Å². The summed E-state index contributed by atoms with van der Waals surface area (Å²) in [5.74, 6) is 1.41. The van der Waals surface area contributed by atoms with Crippen LogP contribution in [-0.4, -0.2) is 25.4 Å². The minimum atomic E-state index is 0.0620. The molecule has 0 aromatic rings. The lowest BCUT2D eigenvalue weighted by molar-refractivity contribution is -0.163. The smallest absolute Gasteiger partial charge is 0.157 e. The van der Waals surface area contributed by atoms with Crippen LogP contribution >= 0.6 is 11.6 Å². The molecule has 2 nitrogen and oxygen atoms in total. The Kier molecular flexibility index (Phi) is 6.57. The van der Waals surface area contributed by atoms with Crippen molar-refractivity contribution in [3.63, 3.8) is 0 Å². The largest absolute Gasteiger partial charge is 0.353 e. The van der Waals surface area contributed by atoms with Crippen LogP contribution in [0, 0.1) is 5.92 Å². The average Bonchev–Trinajstić information content (AvgIpc) is 2.20. The van der Waals surface area contributed by atoms with E-state index in [1.165, 1.54) is 12.8 Å². The van der Waals surface area contributed by atoms with Gasteiger partial charge in [0.1, 0.15) is 0 Å². The minimum absolute atomic E-state index is 0.0620. The van der Waals surface area contributed by atoms with E-state index in [-0.39, 0.29) is 6.29 Å². The van der Waals surface area contributed by atoms with Gasteiger partial charge in [-0.15, -0.1) is 11.6 Å². The number of alkyl halides is 1. The van der Waals surface area contributed by atoms with Crippen molar-refractivity contribution in [1.29, 1.82) is 0 Å². The maximum Gasteiger partial charge on any atom is 0.157 e. The molecule has 1 heterocycles. The maximum atomic E-state index is 5.66. The third-order valence-electron chi connectivity index (χ3n) is 2.65. The van der Waals surface area contributed by atoms with Crippen LogP contribution in [0.4, 0.5) is 0 Å². The van der Waals surface area contributed by atoms with Crippen molar-refractivity contribution in [1.82, 2.24) is 0 Å². The molecular formula is C11H21ClO2. The second kappa shape index (κ2) is 7.49. The van der Waals surface area contributed by atoms with Crippen LogP contribution in [0.1, 0.15) is 39.0 Å². The molecule has 0 amide bonds. The quantitative estimate of drug-likeness (QED) is 0.641. The first-order valence-corrected chi connectivity index (χ1v) is 6.15. The third-order valence-corrected chi connectivity index (χ3v) is 2.87. The van der Waals surface area contributed by atoms with Crippen molar-refractivity contribution in [3.05, 3.63) is 0 Å². The molecule has 2 unspecified atom stereocenters. The van der Waals surface area contributed by atoms with Gasteiger partial charge in [0.2, 0.25) is 0 Å². The van der Waals surface area contributed by atoms with Gasteiger partial charge in [-0.1, -0.05) is 6.92 Å². The standard InChI is InChI=1S/C11H21ClO2/c1-10(5-7-12)6-9-14-11-4-2-3-8-13-11/h10-11H,2-9H2,1H3. The number of hydrogen-bond acceptors (Lipinski definition) is 2. The van der Waals surface area contributed by atoms with E-state index in [0.29, 0.717) is 5.92 Å². The zero-order chi connectivity index (χ0) is 10.2. The second-order valence-corrected chi connectivity index (χ2v) is 4.42. The van der Waals surface area contributed by atoms with E-state index in [1.807, 2.05) is 0 Å². The molecule has 0 aliphatic carbocycles. The molecule has 2 atom stereocenters. The Labute approximate surface area is 91.9 Å². The fraction of sp³-hybridized carbons (Fsp3) is 1.00. The van der Waals surface area contributed by atoms with Gasteiger partial charge in [-0.2, -0.15) is 0 Å². The molecular weight excluding hydrogens is 200 g/mol. The molecule has 0 N–H and O–H groups in total. The highest BCUT2D eigenvalue weighted by atomic mass is 35.5. The highest BCUT2D eigenvalue weighted by Gasteiger charge is 2.13. The van der Waals surface area contributed by atoms with E-state index in [4.69, 9.17) is 21.1 Å². The minimum Gasteiger partial charge on any atom is -0.353 e. The van der Waals surface area contributed by atoms with Gasteiger partial charge >= 0.3 is 0 Å². The summed E-state index contributed by atoms with van der Waals surface area (Å²) in [5, 5.41) is 0. The summed E-state index contributed by atoms with van der Waals surface area (Å²) < 4.78 is 11.1. The number of hydrogen-bond donors (Lipinski definition) is 0. The lowest BCUT2D eigenvalue weighted by atomic mass is 10.1. The van der Waals surface area contributed by atoms with Crippen LogP contribution in [0.3, 0.4) is 0 Å². The fourth-order valence-corrected chi connectivity index (χ4v) is 1.95. The molecule has 0 spiro atoms. The molecule has 1 rings (SSSR count). The van der Waals surface area contributed by atoms with Gasteiger partial charge in [0.05, 0.1) is 0 Å². The first-order chi connectivity index (χ1) is 6.83. The maximum absolute atomic E-state index is 5.66. The Morgan fingerprint density at radius 2 is 2.29 bits per heavy atom. The van der Waals surface area contributed by atoms with Crippen LogP contribution in [0.25, 0.3) is 0 Å². The number of halogens is 1. The van der Waals surface area contributed by atoms with Gasteiger partial charge in [-0.25, -0.2) is 0 Å². The van der Waals surface area contributed by atoms with Gasteiger partial charge in [0.25, 0.3) is 0 Å². The normalized spacial score (nSPS) is 24.9. The Morgan fingerprint density at radius 1 is 1.43 bits per heavy atom. The lowest BCUT2D eigenvalue weighted by Crippen LogP contribution is -2.23. The predicted octanol–water partition coefficient (Wildman–Crippen LogP) is 3.18. The van der Waals surface area contributed by atoms with E-state index in [9.17, 15) is 0 Å². The Morgan fingerprint density at radius 3 is 2.93 bits per heavy atom. The molecule has 0 aromatic heterocycles. The summed E-state index contributed by atoms with van der Waals surface area (Å²) in [5.41, 5.74) is 0. The Bertz CT molecular complexity index is 135. The van der Waals surface area contributed by atoms with Crippen LogP contribution in [0.15, 0.2) is 0 Å². The van der Waals surface area contributed by atoms with Gasteiger partial charge in [0, 0.05) is 19.1 Å². The fourth-order valence-electron chi connectivity index (χ4n) is 1.57. The lowest BCUT2D eigenvalue weighted by Gasteiger charge is -2.23. The first-order valence-electron chi connectivity index (χ1n) is 5.62. The third kappa shape index (κ3) is 5.18. The van der Waals surface area contributed by atoms with Crippen molar-refractivity contribution in [3.8, 4) is 0 Å². The molecule has 0 saturated carbocycles. The highest BCUT2D eigenvalue weighted by molar-refractivity contribution is 6.17. The van der Waals surface area contributed by atoms with Crippen LogP contribution < -0.4 is 0 Å². The predicted molar refractivity (Wildman–Crippen MR) is 58.7 cm³/mol. The molecule has 14 heavy (non-hydrogen) atoms. The molecule has 1 fully saturated rings. The summed E-state index contributed by atoms with van der Waals surface area (Å²) in [6.07, 6.45) is 5.71. The molecule has 0 bridgehead atoms. The molecule has 1 saturated heterocycles. The highest BCUT2D eigenvalue weighted by Crippen LogP contribution is 2.15. The van der Waals surface area contributed by atoms with Crippen molar-refractivity contribution in [2.45, 2.75) is 45.3 Å². The summed E-state index contributed by atoms with van der Waals surface area (Å²) in [4.78, 5) is 0.